The summed E-state index contributed by atoms with van der Waals surface area (Å²) in [5, 5.41) is 1.95. The van der Waals surface area contributed by atoms with Gasteiger partial charge in [-0.25, -0.2) is 4.98 Å². The van der Waals surface area contributed by atoms with Gasteiger partial charge < -0.3 is 19.1 Å². The number of piperidine rings is 1. The maximum absolute atomic E-state index is 13.0. The Hall–Kier alpha value is -3.06. The molecule has 162 valence electrons. The molecule has 0 bridgehead atoms. The molecule has 0 spiro atoms. The Labute approximate surface area is 186 Å². The molecule has 1 aromatic heterocycles. The predicted molar refractivity (Wildman–Crippen MR) is 120 cm³/mol. The van der Waals surface area contributed by atoms with Crippen molar-refractivity contribution >= 4 is 17.2 Å². The van der Waals surface area contributed by atoms with Crippen molar-refractivity contribution in [2.75, 3.05) is 19.7 Å². The van der Waals surface area contributed by atoms with Gasteiger partial charge in [-0.3, -0.25) is 4.79 Å². The molecule has 1 saturated heterocycles. The Bertz CT molecular complexity index is 985. The minimum Gasteiger partial charge on any atom is -0.490 e. The molecule has 0 saturated carbocycles. The van der Waals surface area contributed by atoms with Crippen molar-refractivity contribution in [1.29, 1.82) is 0 Å². The number of para-hydroxylation sites is 2. The van der Waals surface area contributed by atoms with E-state index in [1.54, 1.807) is 11.6 Å². The number of likely N-dealkylation sites (tertiary alicyclic amines) is 1. The molecule has 7 heteroatoms. The minimum absolute atomic E-state index is 0.0206. The molecule has 1 aliphatic heterocycles. The van der Waals surface area contributed by atoms with Crippen LogP contribution in [0.2, 0.25) is 0 Å². The van der Waals surface area contributed by atoms with E-state index < -0.39 is 0 Å². The van der Waals surface area contributed by atoms with E-state index in [-0.39, 0.29) is 12.0 Å². The number of rotatable bonds is 8. The topological polar surface area (TPSA) is 60.9 Å². The van der Waals surface area contributed by atoms with Crippen LogP contribution >= 0.6 is 11.3 Å². The van der Waals surface area contributed by atoms with Crippen LogP contribution in [-0.2, 0) is 6.61 Å². The molecule has 3 aromatic rings. The predicted octanol–water partition coefficient (Wildman–Crippen LogP) is 4.80. The highest BCUT2D eigenvalue weighted by Gasteiger charge is 2.25. The van der Waals surface area contributed by atoms with Crippen LogP contribution < -0.4 is 14.2 Å². The Morgan fingerprint density at radius 2 is 1.90 bits per heavy atom. The summed E-state index contributed by atoms with van der Waals surface area (Å²) >= 11 is 1.54. The minimum atomic E-state index is 0.0206. The second-order valence-corrected chi connectivity index (χ2v) is 8.00. The number of aromatic nitrogens is 1. The zero-order valence-electron chi connectivity index (χ0n) is 17.5. The van der Waals surface area contributed by atoms with Crippen molar-refractivity contribution in [1.82, 2.24) is 9.88 Å². The lowest BCUT2D eigenvalue weighted by Crippen LogP contribution is -2.41. The van der Waals surface area contributed by atoms with Crippen molar-refractivity contribution in [2.24, 2.45) is 0 Å². The Balaban J connectivity index is 1.31. The third kappa shape index (κ3) is 5.55. The maximum Gasteiger partial charge on any atom is 0.253 e. The van der Waals surface area contributed by atoms with E-state index in [0.29, 0.717) is 37.6 Å². The molecule has 0 unspecified atom stereocenters. The summed E-state index contributed by atoms with van der Waals surface area (Å²) in [5.41, 5.74) is 3.30. The van der Waals surface area contributed by atoms with Crippen molar-refractivity contribution < 1.29 is 19.0 Å². The molecule has 2 aromatic carbocycles. The second-order valence-electron chi connectivity index (χ2n) is 7.29. The van der Waals surface area contributed by atoms with Crippen LogP contribution in [-0.4, -0.2) is 41.6 Å². The van der Waals surface area contributed by atoms with Gasteiger partial charge in [0.2, 0.25) is 0 Å². The van der Waals surface area contributed by atoms with Crippen LogP contribution in [0.5, 0.6) is 17.2 Å². The number of carbonyl (C=O) groups excluding carboxylic acids is 1. The summed E-state index contributed by atoms with van der Waals surface area (Å²) in [5.74, 6) is 2.22. The first-order valence-corrected chi connectivity index (χ1v) is 11.4. The summed E-state index contributed by atoms with van der Waals surface area (Å²) < 4.78 is 17.6. The normalized spacial score (nSPS) is 14.3. The fourth-order valence-electron chi connectivity index (χ4n) is 3.55. The number of amides is 1. The summed E-state index contributed by atoms with van der Waals surface area (Å²) in [6, 6.07) is 15.1. The van der Waals surface area contributed by atoms with Crippen molar-refractivity contribution in [3.63, 3.8) is 0 Å². The van der Waals surface area contributed by atoms with Crippen LogP contribution in [0.1, 0.15) is 35.8 Å². The first-order chi connectivity index (χ1) is 15.2. The first-order valence-electron chi connectivity index (χ1n) is 10.5. The van der Waals surface area contributed by atoms with Gasteiger partial charge in [0.1, 0.15) is 18.5 Å². The first kappa shape index (κ1) is 21.2. The standard InChI is InChI=1S/C24H26N2O4S/c1-2-28-22-8-3-4-9-23(22)30-20-10-12-26(13-11-20)24(27)18-6-5-7-21(14-18)29-15-19-16-31-17-25-19/h3-9,14,16-17,20H,2,10-13,15H2,1H3. The van der Waals surface area contributed by atoms with Crippen LogP contribution in [0, 0.1) is 0 Å². The highest BCUT2D eigenvalue weighted by Crippen LogP contribution is 2.29. The third-order valence-corrected chi connectivity index (χ3v) is 5.76. The summed E-state index contributed by atoms with van der Waals surface area (Å²) in [6.45, 7) is 4.27. The fraction of sp³-hybridized carbons (Fsp3) is 0.333. The van der Waals surface area contributed by atoms with Gasteiger partial charge in [0.05, 0.1) is 17.8 Å². The number of hydrogen-bond acceptors (Lipinski definition) is 6. The van der Waals surface area contributed by atoms with E-state index in [2.05, 4.69) is 4.98 Å². The molecule has 1 amide bonds. The molecule has 0 aliphatic carbocycles. The lowest BCUT2D eigenvalue weighted by Gasteiger charge is -2.32. The van der Waals surface area contributed by atoms with Crippen molar-refractivity contribution in [3.8, 4) is 17.2 Å². The van der Waals surface area contributed by atoms with Gasteiger partial charge in [-0.05, 0) is 37.3 Å². The molecule has 0 radical (unpaired) electrons. The lowest BCUT2D eigenvalue weighted by atomic mass is 10.1. The van der Waals surface area contributed by atoms with Crippen molar-refractivity contribution in [2.45, 2.75) is 32.5 Å². The summed E-state index contributed by atoms with van der Waals surface area (Å²) in [6.07, 6.45) is 1.64. The monoisotopic (exact) mass is 438 g/mol. The van der Waals surface area contributed by atoms with Gasteiger partial charge in [-0.2, -0.15) is 0 Å². The summed E-state index contributed by atoms with van der Waals surface area (Å²) in [4.78, 5) is 19.1. The molecule has 6 nitrogen and oxygen atoms in total. The van der Waals surface area contributed by atoms with Gasteiger partial charge in [-0.15, -0.1) is 11.3 Å². The number of benzene rings is 2. The largest absolute Gasteiger partial charge is 0.490 e. The van der Waals surface area contributed by atoms with E-state index in [1.807, 2.05) is 59.7 Å². The zero-order chi connectivity index (χ0) is 21.5. The smallest absolute Gasteiger partial charge is 0.253 e. The fourth-order valence-corrected chi connectivity index (χ4v) is 4.09. The average Bonchev–Trinajstić information content (AvgIpc) is 3.33. The number of ether oxygens (including phenoxy) is 3. The highest BCUT2D eigenvalue weighted by molar-refractivity contribution is 7.07. The third-order valence-electron chi connectivity index (χ3n) is 5.12. The molecule has 1 fully saturated rings. The zero-order valence-corrected chi connectivity index (χ0v) is 18.3. The molecule has 1 aliphatic rings. The van der Waals surface area contributed by atoms with Crippen molar-refractivity contribution in [3.05, 3.63) is 70.7 Å². The van der Waals surface area contributed by atoms with E-state index >= 15 is 0 Å². The van der Waals surface area contributed by atoms with Gasteiger partial charge in [0.25, 0.3) is 5.91 Å². The van der Waals surface area contributed by atoms with E-state index in [4.69, 9.17) is 14.2 Å². The molecular weight excluding hydrogens is 412 g/mol. The number of hydrogen-bond donors (Lipinski definition) is 0. The van der Waals surface area contributed by atoms with E-state index in [0.717, 1.165) is 30.0 Å². The Morgan fingerprint density at radius 1 is 1.10 bits per heavy atom. The average molecular weight is 439 g/mol. The maximum atomic E-state index is 13.0. The van der Waals surface area contributed by atoms with Crippen LogP contribution in [0.3, 0.4) is 0 Å². The van der Waals surface area contributed by atoms with E-state index in [1.165, 1.54) is 11.3 Å². The Kier molecular flexibility index (Phi) is 7.04. The second kappa shape index (κ2) is 10.3. The summed E-state index contributed by atoms with van der Waals surface area (Å²) in [7, 11) is 0. The number of nitrogens with zero attached hydrogens (tertiary/aromatic N) is 2. The van der Waals surface area contributed by atoms with Crippen LogP contribution in [0.25, 0.3) is 0 Å². The van der Waals surface area contributed by atoms with Gasteiger partial charge in [0.15, 0.2) is 11.5 Å². The molecular formula is C24H26N2O4S. The lowest BCUT2D eigenvalue weighted by molar-refractivity contribution is 0.0589. The number of thiazole rings is 1. The van der Waals surface area contributed by atoms with E-state index in [9.17, 15) is 4.79 Å². The highest BCUT2D eigenvalue weighted by atomic mass is 32.1. The Morgan fingerprint density at radius 3 is 2.65 bits per heavy atom. The molecule has 4 rings (SSSR count). The SMILES string of the molecule is CCOc1ccccc1OC1CCN(C(=O)c2cccc(OCc3cscn3)c2)CC1. The van der Waals surface area contributed by atoms with Gasteiger partial charge in [0, 0.05) is 36.9 Å². The quantitative estimate of drug-likeness (QED) is 0.505. The molecule has 0 atom stereocenters. The molecule has 2 heterocycles. The number of carbonyl (C=O) groups is 1. The van der Waals surface area contributed by atoms with Gasteiger partial charge >= 0.3 is 0 Å². The van der Waals surface area contributed by atoms with Gasteiger partial charge in [-0.1, -0.05) is 18.2 Å². The molecule has 31 heavy (non-hydrogen) atoms. The molecule has 0 N–H and O–H groups in total. The van der Waals surface area contributed by atoms with Crippen LogP contribution in [0.15, 0.2) is 59.4 Å². The van der Waals surface area contributed by atoms with Crippen LogP contribution in [0.4, 0.5) is 0 Å².